The summed E-state index contributed by atoms with van der Waals surface area (Å²) in [4.78, 5) is 34.6. The Labute approximate surface area is 121 Å². The summed E-state index contributed by atoms with van der Waals surface area (Å²) in [7, 11) is 0. The zero-order chi connectivity index (χ0) is 15.5. The Morgan fingerprint density at radius 3 is 2.10 bits per heavy atom. The molecule has 0 aliphatic carbocycles. The maximum atomic E-state index is 12.2. The van der Waals surface area contributed by atoms with Gasteiger partial charge in [-0.25, -0.2) is 4.79 Å². The number of rotatable bonds is 4. The average molecular weight is 292 g/mol. The van der Waals surface area contributed by atoms with E-state index in [9.17, 15) is 19.5 Å². The highest BCUT2D eigenvalue weighted by molar-refractivity contribution is 5.99. The summed E-state index contributed by atoms with van der Waals surface area (Å²) in [5.74, 6) is -2.17. The third-order valence-corrected chi connectivity index (χ3v) is 3.54. The van der Waals surface area contributed by atoms with Crippen molar-refractivity contribution in [3.8, 4) is 0 Å². The van der Waals surface area contributed by atoms with Gasteiger partial charge in [0.1, 0.15) is 5.54 Å². The summed E-state index contributed by atoms with van der Waals surface area (Å²) in [6.07, 6.45) is 0.431. The van der Waals surface area contributed by atoms with Crippen molar-refractivity contribution in [2.75, 3.05) is 13.2 Å². The number of carbonyl (C=O) groups excluding carboxylic acids is 2. The Hall–Kier alpha value is -2.41. The van der Waals surface area contributed by atoms with E-state index in [0.717, 1.165) is 0 Å². The van der Waals surface area contributed by atoms with E-state index >= 15 is 0 Å². The van der Waals surface area contributed by atoms with Gasteiger partial charge >= 0.3 is 5.97 Å². The first-order chi connectivity index (χ1) is 9.94. The predicted molar refractivity (Wildman–Crippen MR) is 72.8 cm³/mol. The van der Waals surface area contributed by atoms with Crippen molar-refractivity contribution in [2.45, 2.75) is 18.4 Å². The van der Waals surface area contributed by atoms with Gasteiger partial charge in [0.2, 0.25) is 5.91 Å². The molecule has 0 atom stereocenters. The van der Waals surface area contributed by atoms with Crippen LogP contribution in [0.2, 0.25) is 0 Å². The van der Waals surface area contributed by atoms with Crippen LogP contribution in [-0.4, -0.2) is 41.6 Å². The van der Waals surface area contributed by atoms with Gasteiger partial charge in [-0.2, -0.15) is 0 Å². The number of hydrogen-bond donors (Lipinski definition) is 3. The highest BCUT2D eigenvalue weighted by Crippen LogP contribution is 2.21. The van der Waals surface area contributed by atoms with E-state index in [1.165, 1.54) is 24.3 Å². The predicted octanol–water partition coefficient (Wildman–Crippen LogP) is 0.149. The number of benzene rings is 1. The molecule has 0 saturated carbocycles. The van der Waals surface area contributed by atoms with Crippen LogP contribution in [0.4, 0.5) is 0 Å². The van der Waals surface area contributed by atoms with Crippen molar-refractivity contribution in [2.24, 2.45) is 5.73 Å². The number of carboxylic acid groups (broad SMARTS) is 1. The van der Waals surface area contributed by atoms with Crippen molar-refractivity contribution in [1.29, 1.82) is 0 Å². The highest BCUT2D eigenvalue weighted by atomic mass is 16.5. The molecule has 0 unspecified atom stereocenters. The van der Waals surface area contributed by atoms with Gasteiger partial charge in [0.25, 0.3) is 5.91 Å². The summed E-state index contributed by atoms with van der Waals surface area (Å²) in [5.41, 5.74) is 4.36. The minimum absolute atomic E-state index is 0.216. The van der Waals surface area contributed by atoms with Crippen molar-refractivity contribution in [1.82, 2.24) is 5.32 Å². The van der Waals surface area contributed by atoms with E-state index in [1.54, 1.807) is 0 Å². The fourth-order valence-electron chi connectivity index (χ4n) is 2.19. The van der Waals surface area contributed by atoms with Gasteiger partial charge in [-0.3, -0.25) is 9.59 Å². The molecule has 4 N–H and O–H groups in total. The number of carbonyl (C=O) groups is 3. The number of carboxylic acids is 1. The van der Waals surface area contributed by atoms with E-state index in [0.29, 0.717) is 0 Å². The van der Waals surface area contributed by atoms with Gasteiger partial charge in [0.15, 0.2) is 0 Å². The van der Waals surface area contributed by atoms with E-state index in [-0.39, 0.29) is 37.2 Å². The summed E-state index contributed by atoms with van der Waals surface area (Å²) in [6, 6.07) is 5.72. The first-order valence-electron chi connectivity index (χ1n) is 6.48. The number of amides is 2. The van der Waals surface area contributed by atoms with Crippen molar-refractivity contribution >= 4 is 17.8 Å². The molecule has 0 radical (unpaired) electrons. The Kier molecular flexibility index (Phi) is 4.23. The molecule has 1 heterocycles. The molecule has 112 valence electrons. The number of nitrogens with two attached hydrogens (primary N) is 1. The van der Waals surface area contributed by atoms with Crippen molar-refractivity contribution in [3.63, 3.8) is 0 Å². The minimum atomic E-state index is -1.31. The third-order valence-electron chi connectivity index (χ3n) is 3.54. The monoisotopic (exact) mass is 292 g/mol. The third kappa shape index (κ3) is 3.19. The summed E-state index contributed by atoms with van der Waals surface area (Å²) >= 11 is 0. The molecule has 7 nitrogen and oxygen atoms in total. The Morgan fingerprint density at radius 2 is 1.62 bits per heavy atom. The molecule has 1 aliphatic heterocycles. The van der Waals surface area contributed by atoms with Gasteiger partial charge in [-0.1, -0.05) is 0 Å². The fourth-order valence-corrected chi connectivity index (χ4v) is 2.19. The molecule has 1 aliphatic rings. The van der Waals surface area contributed by atoms with Crippen LogP contribution >= 0.6 is 0 Å². The number of hydrogen-bond acceptors (Lipinski definition) is 4. The molecule has 1 aromatic rings. The maximum absolute atomic E-state index is 12.2. The second kappa shape index (κ2) is 5.92. The smallest absolute Gasteiger partial charge is 0.329 e. The molecule has 1 fully saturated rings. The lowest BCUT2D eigenvalue weighted by Gasteiger charge is -2.33. The Bertz CT molecular complexity index is 561. The molecule has 0 spiro atoms. The largest absolute Gasteiger partial charge is 0.480 e. The molecule has 1 saturated heterocycles. The molecule has 2 amide bonds. The normalized spacial score (nSPS) is 17.0. The first kappa shape index (κ1) is 15.0. The fraction of sp³-hybridized carbons (Fsp3) is 0.357. The van der Waals surface area contributed by atoms with Crippen LogP contribution in [0.5, 0.6) is 0 Å². The molecule has 21 heavy (non-hydrogen) atoms. The van der Waals surface area contributed by atoms with E-state index in [1.807, 2.05) is 0 Å². The molecule has 7 heteroatoms. The minimum Gasteiger partial charge on any atom is -0.480 e. The van der Waals surface area contributed by atoms with Gasteiger partial charge in [0.05, 0.1) is 0 Å². The second-order valence-electron chi connectivity index (χ2n) is 4.90. The van der Waals surface area contributed by atoms with Crippen LogP contribution < -0.4 is 11.1 Å². The quantitative estimate of drug-likeness (QED) is 0.730. The van der Waals surface area contributed by atoms with Crippen molar-refractivity contribution in [3.05, 3.63) is 35.4 Å². The molecule has 0 bridgehead atoms. The van der Waals surface area contributed by atoms with E-state index in [2.05, 4.69) is 5.32 Å². The lowest BCUT2D eigenvalue weighted by molar-refractivity contribution is -0.148. The van der Waals surface area contributed by atoms with Crippen molar-refractivity contribution < 1.29 is 24.2 Å². The SMILES string of the molecule is NC(=O)c1ccc(C(=O)NC2(C(=O)O)CCOCC2)cc1. The van der Waals surface area contributed by atoms with Crippen LogP contribution in [0, 0.1) is 0 Å². The zero-order valence-electron chi connectivity index (χ0n) is 11.3. The lowest BCUT2D eigenvalue weighted by Crippen LogP contribution is -2.57. The van der Waals surface area contributed by atoms with Crippen LogP contribution in [0.3, 0.4) is 0 Å². The van der Waals surface area contributed by atoms with Crippen LogP contribution in [0.15, 0.2) is 24.3 Å². The van der Waals surface area contributed by atoms with Gasteiger partial charge < -0.3 is 20.9 Å². The van der Waals surface area contributed by atoms with E-state index < -0.39 is 23.3 Å². The molecular formula is C14H16N2O5. The van der Waals surface area contributed by atoms with E-state index in [4.69, 9.17) is 10.5 Å². The molecule has 0 aromatic heterocycles. The summed E-state index contributed by atoms with van der Waals surface area (Å²) < 4.78 is 5.14. The first-order valence-corrected chi connectivity index (χ1v) is 6.48. The number of aliphatic carboxylic acids is 1. The van der Waals surface area contributed by atoms with Gasteiger partial charge in [0, 0.05) is 37.2 Å². The zero-order valence-corrected chi connectivity index (χ0v) is 11.3. The average Bonchev–Trinajstić information content (AvgIpc) is 2.48. The number of ether oxygens (including phenoxy) is 1. The van der Waals surface area contributed by atoms with Gasteiger partial charge in [-0.05, 0) is 24.3 Å². The number of nitrogens with one attached hydrogen (secondary N) is 1. The Morgan fingerprint density at radius 1 is 1.10 bits per heavy atom. The van der Waals surface area contributed by atoms with Crippen LogP contribution in [0.1, 0.15) is 33.6 Å². The van der Waals surface area contributed by atoms with Crippen LogP contribution in [-0.2, 0) is 9.53 Å². The lowest BCUT2D eigenvalue weighted by atomic mass is 9.89. The summed E-state index contributed by atoms with van der Waals surface area (Å²) in [5, 5.41) is 11.9. The van der Waals surface area contributed by atoms with Gasteiger partial charge in [-0.15, -0.1) is 0 Å². The molecule has 2 rings (SSSR count). The molecule has 1 aromatic carbocycles. The maximum Gasteiger partial charge on any atom is 0.329 e. The number of primary amides is 1. The summed E-state index contributed by atoms with van der Waals surface area (Å²) in [6.45, 7) is 0.570. The molecular weight excluding hydrogens is 276 g/mol. The Balaban J connectivity index is 2.15. The second-order valence-corrected chi connectivity index (χ2v) is 4.90. The standard InChI is InChI=1S/C14H16N2O5/c15-11(17)9-1-3-10(4-2-9)12(18)16-14(13(19)20)5-7-21-8-6-14/h1-4H,5-8H2,(H2,15,17)(H,16,18)(H,19,20). The topological polar surface area (TPSA) is 119 Å². The van der Waals surface area contributed by atoms with Crippen LogP contribution in [0.25, 0.3) is 0 Å². The highest BCUT2D eigenvalue weighted by Gasteiger charge is 2.41.